The van der Waals surface area contributed by atoms with Gasteiger partial charge in [-0.2, -0.15) is 0 Å². The molecule has 2 fully saturated rings. The largest absolute Gasteiger partial charge is 1.00 e. The van der Waals surface area contributed by atoms with E-state index in [2.05, 4.69) is 33.5 Å². The van der Waals surface area contributed by atoms with Crippen molar-refractivity contribution in [2.45, 2.75) is 54.8 Å². The van der Waals surface area contributed by atoms with Crippen LogP contribution in [0, 0.1) is 0 Å². The van der Waals surface area contributed by atoms with Gasteiger partial charge in [0, 0.05) is 0 Å². The molecule has 0 radical (unpaired) electrons. The number of ether oxygens (including phenoxy) is 3. The van der Waals surface area contributed by atoms with Crippen LogP contribution in [0.2, 0.25) is 0 Å². The Morgan fingerprint density at radius 2 is 0.698 bits per heavy atom. The average Bonchev–Trinajstić information content (AvgIpc) is 3.15. The summed E-state index contributed by atoms with van der Waals surface area (Å²) >= 11 is 0. The standard InChI is InChI=1S/C12H22O35S8.8Na/c13-48(14,15)37-1-4-6(43-51(22,23)24)8(45-53(28,29)30)9(46-54(31,32)33)11(40-4)42-12(3-39-50(19,20)21)10(47-55(34,35)36)7(44-52(25,26)27)5(41-12)2-38-49(16,17)18;;;;;;;;/h4-11H,1-3H2,(H,13,14,15)(H,16,17,18)(H,19,20,21)(H,22,23,24)(H,25,26,27)(H,28,29,30)(H,31,32,33)(H,34,35,36);;;;;;;;/q;8*+1/p-8/t4-,5-,6-,7-,8+,9-,10-,11-,12-;;;;;;;;/m0......../s1. The molecule has 0 saturated carbocycles. The van der Waals surface area contributed by atoms with E-state index in [1.165, 1.54) is 0 Å². The Bertz CT molecular complexity index is 2310. The summed E-state index contributed by atoms with van der Waals surface area (Å²) in [5.74, 6) is -4.31. The molecule has 0 spiro atoms. The van der Waals surface area contributed by atoms with Gasteiger partial charge in [-0.25, -0.2) is 67.3 Å². The predicted molar refractivity (Wildman–Crippen MR) is 137 cm³/mol. The van der Waals surface area contributed by atoms with Crippen LogP contribution in [0.4, 0.5) is 0 Å². The van der Waals surface area contributed by atoms with Crippen LogP contribution in [0.1, 0.15) is 0 Å². The van der Waals surface area contributed by atoms with Crippen molar-refractivity contribution in [3.05, 3.63) is 0 Å². The zero-order valence-corrected chi connectivity index (χ0v) is 55.3. The Balaban J connectivity index is -0.000000784. The Morgan fingerprint density at radius 1 is 0.381 bits per heavy atom. The van der Waals surface area contributed by atoms with E-state index in [9.17, 15) is 104 Å². The molecule has 0 N–H and O–H groups in total. The van der Waals surface area contributed by atoms with E-state index in [1.807, 2.05) is 0 Å². The topological polar surface area (TPSA) is 559 Å². The first kappa shape index (κ1) is 83.8. The predicted octanol–water partition coefficient (Wildman–Crippen LogP) is -33.5. The molecule has 0 aromatic heterocycles. The fourth-order valence-electron chi connectivity index (χ4n) is 4.21. The van der Waals surface area contributed by atoms with E-state index in [0.29, 0.717) is 0 Å². The van der Waals surface area contributed by atoms with Crippen LogP contribution in [0.25, 0.3) is 0 Å². The van der Waals surface area contributed by atoms with E-state index in [4.69, 9.17) is 14.2 Å². The minimum atomic E-state index is -6.58. The third-order valence-corrected chi connectivity index (χ3v) is 9.18. The molecule has 35 nitrogen and oxygen atoms in total. The third kappa shape index (κ3) is 34.2. The molecule has 2 aliphatic heterocycles. The van der Waals surface area contributed by atoms with Crippen LogP contribution in [0.5, 0.6) is 0 Å². The molecule has 2 heterocycles. The molecule has 9 atom stereocenters. The van der Waals surface area contributed by atoms with Crippen LogP contribution < -0.4 is 236 Å². The van der Waals surface area contributed by atoms with Crippen LogP contribution in [0.15, 0.2) is 0 Å². The molecule has 0 amide bonds. The smallest absolute Gasteiger partial charge is 0.726 e. The maximum atomic E-state index is 11.7. The maximum Gasteiger partial charge on any atom is 1.00 e. The molecule has 328 valence electrons. The van der Waals surface area contributed by atoms with E-state index in [-0.39, 0.29) is 236 Å². The monoisotopic (exact) mass is 1160 g/mol. The maximum absolute atomic E-state index is 11.7. The Kier molecular flexibility index (Phi) is 43.1. The van der Waals surface area contributed by atoms with Gasteiger partial charge in [0.15, 0.2) is 18.5 Å². The quantitative estimate of drug-likeness (QED) is 0.0585. The first-order valence-electron chi connectivity index (χ1n) is 12.2. The Morgan fingerprint density at radius 3 is 1.05 bits per heavy atom. The molecule has 0 aromatic rings. The summed E-state index contributed by atoms with van der Waals surface area (Å²) in [6.07, 6.45) is -27.5. The average molecular weight is 1160 g/mol. The first-order chi connectivity index (χ1) is 24.2. The molecular weight excluding hydrogens is 1140 g/mol. The van der Waals surface area contributed by atoms with Gasteiger partial charge in [-0.05, 0) is 0 Å². The number of hydrogen-bond acceptors (Lipinski definition) is 35. The molecule has 0 unspecified atom stereocenters. The van der Waals surface area contributed by atoms with E-state index >= 15 is 0 Å². The minimum Gasteiger partial charge on any atom is -0.726 e. The van der Waals surface area contributed by atoms with E-state index < -0.39 is 158 Å². The summed E-state index contributed by atoms with van der Waals surface area (Å²) in [6.45, 7) is -6.74. The van der Waals surface area contributed by atoms with Crippen molar-refractivity contribution < 1.29 is 388 Å². The second-order valence-corrected chi connectivity index (χ2v) is 17.7. The van der Waals surface area contributed by atoms with Crippen LogP contribution in [-0.4, -0.2) is 178 Å². The van der Waals surface area contributed by atoms with E-state index in [1.54, 1.807) is 0 Å². The van der Waals surface area contributed by atoms with Crippen LogP contribution in [0.3, 0.4) is 0 Å². The van der Waals surface area contributed by atoms with Gasteiger partial charge in [0.25, 0.3) is 0 Å². The minimum absolute atomic E-state index is 0. The summed E-state index contributed by atoms with van der Waals surface area (Å²) in [4.78, 5) is 0. The summed E-state index contributed by atoms with van der Waals surface area (Å²) in [6, 6.07) is 0. The van der Waals surface area contributed by atoms with Crippen molar-refractivity contribution in [1.29, 1.82) is 0 Å². The van der Waals surface area contributed by atoms with Gasteiger partial charge in [-0.1, -0.05) is 0 Å². The van der Waals surface area contributed by atoms with E-state index in [0.717, 1.165) is 0 Å². The van der Waals surface area contributed by atoms with Crippen molar-refractivity contribution in [1.82, 2.24) is 0 Å². The molecular formula is C12H14Na8O35S8. The summed E-state index contributed by atoms with van der Waals surface area (Å²) in [5, 5.41) is 0. The zero-order chi connectivity index (χ0) is 43.0. The molecule has 2 rings (SSSR count). The van der Waals surface area contributed by atoms with Gasteiger partial charge in [0.05, 0.1) is 13.2 Å². The Labute approximate surface area is 535 Å². The molecule has 63 heavy (non-hydrogen) atoms. The number of hydrogen-bond donors (Lipinski definition) is 0. The van der Waals surface area contributed by atoms with Gasteiger partial charge in [0.1, 0.15) is 37.1 Å². The summed E-state index contributed by atoms with van der Waals surface area (Å²) in [5.41, 5.74) is 0. The molecule has 51 heteroatoms. The normalized spacial score (nSPS) is 26.8. The Hall–Kier alpha value is 6.84. The van der Waals surface area contributed by atoms with Crippen molar-refractivity contribution in [2.75, 3.05) is 19.8 Å². The van der Waals surface area contributed by atoms with Gasteiger partial charge in [0.2, 0.25) is 89.0 Å². The van der Waals surface area contributed by atoms with Gasteiger partial charge in [-0.3, -0.25) is 33.5 Å². The van der Waals surface area contributed by atoms with Gasteiger partial charge in [-0.15, -0.1) is 0 Å². The fourth-order valence-corrected chi connectivity index (χ4v) is 7.60. The SMILES string of the molecule is O=S(=O)([O-])OC[C@@H]1O[C@@H](O[C@]2(COS(=O)(=O)[O-])O[C@@H](COS(=O)(=O)[O-])[C@H](OS(=O)(=O)[O-])[C@@H]2OS(=O)(=O)[O-])[C@@H](OS(=O)(=O)[O-])[C@H](OS(=O)(=O)[O-])[C@H]1OS(=O)(=O)[O-].[Na+].[Na+].[Na+].[Na+].[Na+].[Na+].[Na+].[Na+]. The molecule has 2 aliphatic rings. The summed E-state index contributed by atoms with van der Waals surface area (Å²) < 4.78 is 320. The van der Waals surface area contributed by atoms with Crippen LogP contribution >= 0.6 is 0 Å². The fraction of sp³-hybridized carbons (Fsp3) is 1.00. The van der Waals surface area contributed by atoms with Crippen LogP contribution in [-0.2, 0) is 131 Å². The second kappa shape index (κ2) is 32.4. The van der Waals surface area contributed by atoms with Crippen molar-refractivity contribution in [2.24, 2.45) is 0 Å². The second-order valence-electron chi connectivity index (χ2n) is 9.49. The van der Waals surface area contributed by atoms with Crippen molar-refractivity contribution in [3.8, 4) is 0 Å². The molecule has 0 aromatic carbocycles. The van der Waals surface area contributed by atoms with Gasteiger partial charge < -0.3 is 50.6 Å². The van der Waals surface area contributed by atoms with Crippen molar-refractivity contribution in [3.63, 3.8) is 0 Å². The zero-order valence-electron chi connectivity index (χ0n) is 32.8. The molecule has 0 aliphatic carbocycles. The first-order valence-corrected chi connectivity index (χ1v) is 22.9. The molecule has 2 saturated heterocycles. The van der Waals surface area contributed by atoms with Gasteiger partial charge >= 0.3 is 236 Å². The molecule has 0 bridgehead atoms. The van der Waals surface area contributed by atoms with Crippen molar-refractivity contribution >= 4 is 83.2 Å². The number of rotatable bonds is 21. The summed E-state index contributed by atoms with van der Waals surface area (Å²) in [7, 11) is -50.8. The third-order valence-electron chi connectivity index (χ3n) is 5.65.